The summed E-state index contributed by atoms with van der Waals surface area (Å²) >= 11 is 3.93. The van der Waals surface area contributed by atoms with E-state index in [0.29, 0.717) is 9.50 Å². The van der Waals surface area contributed by atoms with E-state index < -0.39 is 11.5 Å². The summed E-state index contributed by atoms with van der Waals surface area (Å²) in [4.78, 5) is 14.9. The molecule has 0 aliphatic heterocycles. The second-order valence-corrected chi connectivity index (χ2v) is 4.37. The van der Waals surface area contributed by atoms with Crippen LogP contribution in [0.1, 0.15) is 6.92 Å². The summed E-state index contributed by atoms with van der Waals surface area (Å²) in [5.41, 5.74) is -1.74. The monoisotopic (exact) mass is 293 g/mol. The van der Waals surface area contributed by atoms with E-state index in [1.165, 1.54) is 6.20 Å². The first kappa shape index (κ1) is 12.4. The van der Waals surface area contributed by atoms with Gasteiger partial charge in [0.05, 0.1) is 6.61 Å². The lowest BCUT2D eigenvalue weighted by atomic mass is 10.5. The Balaban J connectivity index is 2.62. The first-order chi connectivity index (χ1) is 7.15. The number of aromatic nitrogens is 1. The Morgan fingerprint density at radius 2 is 2.53 bits per heavy atom. The van der Waals surface area contributed by atoms with Crippen LogP contribution in [-0.2, 0) is 9.53 Å². The fourth-order valence-electron chi connectivity index (χ4n) is 0.812. The van der Waals surface area contributed by atoms with Crippen molar-refractivity contribution < 1.29 is 13.9 Å². The summed E-state index contributed by atoms with van der Waals surface area (Å²) in [5, 5.41) is 0.429. The quantitative estimate of drug-likeness (QED) is 0.632. The van der Waals surface area contributed by atoms with Gasteiger partial charge in [-0.15, -0.1) is 0 Å². The fourth-order valence-corrected chi connectivity index (χ4v) is 2.01. The molecular formula is C9H9BrFNO2S. The van der Waals surface area contributed by atoms with Crippen LogP contribution in [0.4, 0.5) is 4.39 Å². The molecule has 0 aliphatic carbocycles. The van der Waals surface area contributed by atoms with Crippen LogP contribution >= 0.6 is 27.7 Å². The zero-order valence-corrected chi connectivity index (χ0v) is 10.3. The van der Waals surface area contributed by atoms with Crippen LogP contribution in [0.25, 0.3) is 0 Å². The van der Waals surface area contributed by atoms with Gasteiger partial charge in [0.15, 0.2) is 0 Å². The lowest BCUT2D eigenvalue weighted by Gasteiger charge is -2.07. The molecule has 0 fully saturated rings. The van der Waals surface area contributed by atoms with Crippen molar-refractivity contribution in [1.29, 1.82) is 0 Å². The molecule has 0 saturated heterocycles. The molecule has 1 aromatic heterocycles. The third-order valence-corrected chi connectivity index (χ3v) is 3.26. The molecule has 0 aromatic carbocycles. The van der Waals surface area contributed by atoms with Gasteiger partial charge in [0.25, 0.3) is 0 Å². The zero-order chi connectivity index (χ0) is 11.3. The summed E-state index contributed by atoms with van der Waals surface area (Å²) < 4.78 is 18.5. The van der Waals surface area contributed by atoms with Crippen LogP contribution in [0.3, 0.4) is 0 Å². The van der Waals surface area contributed by atoms with Gasteiger partial charge in [-0.05, 0) is 35.0 Å². The lowest BCUT2D eigenvalue weighted by Crippen LogP contribution is -2.15. The smallest absolute Gasteiger partial charge is 0.351 e. The second-order valence-electron chi connectivity index (χ2n) is 2.48. The van der Waals surface area contributed by atoms with Crippen LogP contribution in [0.2, 0.25) is 0 Å². The Morgan fingerprint density at radius 3 is 3.13 bits per heavy atom. The number of esters is 1. The van der Waals surface area contributed by atoms with E-state index in [0.717, 1.165) is 11.8 Å². The molecule has 3 nitrogen and oxygen atoms in total. The summed E-state index contributed by atoms with van der Waals surface area (Å²) in [6.45, 7) is 1.80. The highest BCUT2D eigenvalue weighted by Crippen LogP contribution is 2.29. The number of halogens is 2. The van der Waals surface area contributed by atoms with Crippen molar-refractivity contribution in [3.05, 3.63) is 22.8 Å². The highest BCUT2D eigenvalue weighted by Gasteiger charge is 2.21. The molecule has 15 heavy (non-hydrogen) atoms. The first-order valence-electron chi connectivity index (χ1n) is 4.23. The molecule has 1 atom stereocenters. The summed E-state index contributed by atoms with van der Waals surface area (Å²) in [6, 6.07) is 3.44. The minimum absolute atomic E-state index is 0.170. The lowest BCUT2D eigenvalue weighted by molar-refractivity contribution is -0.145. The molecule has 1 unspecified atom stereocenters. The minimum atomic E-state index is -1.74. The summed E-state index contributed by atoms with van der Waals surface area (Å²) in [6.07, 6.45) is 1.53. The van der Waals surface area contributed by atoms with Gasteiger partial charge in [0.1, 0.15) is 5.03 Å². The van der Waals surface area contributed by atoms with Gasteiger partial charge in [0.2, 0.25) is 5.50 Å². The van der Waals surface area contributed by atoms with Crippen LogP contribution in [0, 0.1) is 0 Å². The molecule has 0 aliphatic rings. The topological polar surface area (TPSA) is 39.2 Å². The van der Waals surface area contributed by atoms with Crippen LogP contribution < -0.4 is 0 Å². The maximum atomic E-state index is 13.3. The maximum Gasteiger partial charge on any atom is 0.351 e. The number of rotatable bonds is 4. The molecule has 1 aromatic rings. The van der Waals surface area contributed by atoms with E-state index in [4.69, 9.17) is 0 Å². The molecule has 0 saturated carbocycles. The van der Waals surface area contributed by atoms with Gasteiger partial charge < -0.3 is 4.74 Å². The number of carbonyl (C=O) groups excluding carboxylic acids is 1. The third kappa shape index (κ3) is 3.79. The van der Waals surface area contributed by atoms with Crippen molar-refractivity contribution in [1.82, 2.24) is 4.98 Å². The molecular weight excluding hydrogens is 285 g/mol. The van der Waals surface area contributed by atoms with Crippen molar-refractivity contribution in [2.45, 2.75) is 17.5 Å². The molecule has 1 rings (SSSR count). The number of alkyl halides is 1. The highest BCUT2D eigenvalue weighted by atomic mass is 79.9. The molecule has 0 bridgehead atoms. The largest absolute Gasteiger partial charge is 0.463 e. The van der Waals surface area contributed by atoms with Gasteiger partial charge in [-0.1, -0.05) is 11.8 Å². The van der Waals surface area contributed by atoms with Crippen molar-refractivity contribution in [3.8, 4) is 0 Å². The average Bonchev–Trinajstić information content (AvgIpc) is 2.21. The van der Waals surface area contributed by atoms with Gasteiger partial charge in [-0.3, -0.25) is 0 Å². The fraction of sp³-hybridized carbons (Fsp3) is 0.333. The maximum absolute atomic E-state index is 13.3. The number of nitrogens with zero attached hydrogens (tertiary/aromatic N) is 1. The van der Waals surface area contributed by atoms with Gasteiger partial charge in [-0.25, -0.2) is 14.2 Å². The first-order valence-corrected chi connectivity index (χ1v) is 5.90. The minimum Gasteiger partial charge on any atom is -0.463 e. The number of thioether (sulfide) groups is 1. The molecule has 6 heteroatoms. The highest BCUT2D eigenvalue weighted by molar-refractivity contribution is 9.10. The van der Waals surface area contributed by atoms with Gasteiger partial charge >= 0.3 is 5.97 Å². The predicted octanol–water partition coefficient (Wildman–Crippen LogP) is 2.79. The Hall–Kier alpha value is -0.620. The van der Waals surface area contributed by atoms with E-state index in [2.05, 4.69) is 25.7 Å². The molecule has 82 valence electrons. The second kappa shape index (κ2) is 6.07. The Labute approximate surface area is 99.5 Å². The molecule has 0 amide bonds. The summed E-state index contributed by atoms with van der Waals surface area (Å²) in [7, 11) is 0. The standard InChI is InChI=1S/C9H9BrFNO2S/c1-2-14-9(13)7(11)15-8-6(10)4-3-5-12-8/h3-5,7H,2H2,1H3. The molecule has 0 spiro atoms. The van der Waals surface area contributed by atoms with Crippen LogP contribution in [0.5, 0.6) is 0 Å². The van der Waals surface area contributed by atoms with Crippen molar-refractivity contribution in [3.63, 3.8) is 0 Å². The van der Waals surface area contributed by atoms with Crippen LogP contribution in [-0.4, -0.2) is 23.1 Å². The summed E-state index contributed by atoms with van der Waals surface area (Å²) in [5.74, 6) is -0.875. The number of ether oxygens (including phenoxy) is 1. The van der Waals surface area contributed by atoms with Gasteiger partial charge in [-0.2, -0.15) is 0 Å². The Kier molecular flexibility index (Phi) is 5.04. The molecule has 0 radical (unpaired) electrons. The van der Waals surface area contributed by atoms with E-state index in [1.54, 1.807) is 19.1 Å². The van der Waals surface area contributed by atoms with E-state index in [1.807, 2.05) is 0 Å². The molecule has 0 N–H and O–H groups in total. The third-order valence-electron chi connectivity index (χ3n) is 1.41. The molecule has 1 heterocycles. The predicted molar refractivity (Wildman–Crippen MR) is 59.3 cm³/mol. The zero-order valence-electron chi connectivity index (χ0n) is 7.94. The van der Waals surface area contributed by atoms with Crippen molar-refractivity contribution >= 4 is 33.7 Å². The van der Waals surface area contributed by atoms with Crippen molar-refractivity contribution in [2.24, 2.45) is 0 Å². The van der Waals surface area contributed by atoms with Crippen LogP contribution in [0.15, 0.2) is 27.8 Å². The number of hydrogen-bond donors (Lipinski definition) is 0. The SMILES string of the molecule is CCOC(=O)C(F)Sc1ncccc1Br. The normalized spacial score (nSPS) is 12.2. The number of carbonyl (C=O) groups is 1. The van der Waals surface area contributed by atoms with E-state index in [-0.39, 0.29) is 6.61 Å². The average molecular weight is 294 g/mol. The number of pyridine rings is 1. The Morgan fingerprint density at radius 1 is 1.80 bits per heavy atom. The number of hydrogen-bond acceptors (Lipinski definition) is 4. The Bertz CT molecular complexity index is 351. The van der Waals surface area contributed by atoms with E-state index >= 15 is 0 Å². The van der Waals surface area contributed by atoms with Crippen molar-refractivity contribution in [2.75, 3.05) is 6.61 Å². The van der Waals surface area contributed by atoms with Gasteiger partial charge in [0, 0.05) is 10.7 Å². The van der Waals surface area contributed by atoms with E-state index in [9.17, 15) is 9.18 Å².